The van der Waals surface area contributed by atoms with E-state index in [9.17, 15) is 4.79 Å². The maximum absolute atomic E-state index is 10.4. The lowest BCUT2D eigenvalue weighted by Crippen LogP contribution is -1.99. The quantitative estimate of drug-likeness (QED) is 0.710. The van der Waals surface area contributed by atoms with Gasteiger partial charge in [-0.2, -0.15) is 0 Å². The molecular formula is C10H16N2O. The van der Waals surface area contributed by atoms with Crippen LogP contribution >= 0.6 is 0 Å². The molecule has 0 saturated carbocycles. The number of pyridine rings is 1. The van der Waals surface area contributed by atoms with Gasteiger partial charge in [-0.05, 0) is 18.6 Å². The van der Waals surface area contributed by atoms with Gasteiger partial charge in [-0.3, -0.25) is 9.78 Å². The minimum Gasteiger partial charge on any atom is -0.386 e. The molecule has 0 aliphatic carbocycles. The first-order valence-corrected chi connectivity index (χ1v) is 4.38. The molecule has 0 atom stereocenters. The van der Waals surface area contributed by atoms with E-state index < -0.39 is 0 Å². The Morgan fingerprint density at radius 2 is 2.08 bits per heavy atom. The Morgan fingerprint density at radius 3 is 2.46 bits per heavy atom. The van der Waals surface area contributed by atoms with Crippen molar-refractivity contribution in [1.29, 1.82) is 0 Å². The highest BCUT2D eigenvalue weighted by Gasteiger charge is 2.02. The molecule has 0 unspecified atom stereocenters. The zero-order valence-electron chi connectivity index (χ0n) is 8.59. The Kier molecular flexibility index (Phi) is 5.52. The fourth-order valence-corrected chi connectivity index (χ4v) is 0.994. The van der Waals surface area contributed by atoms with E-state index in [1.165, 1.54) is 0 Å². The lowest BCUT2D eigenvalue weighted by Gasteiger charge is -2.05. The van der Waals surface area contributed by atoms with Crippen molar-refractivity contribution in [3.8, 4) is 0 Å². The third kappa shape index (κ3) is 2.86. The third-order valence-electron chi connectivity index (χ3n) is 1.55. The van der Waals surface area contributed by atoms with E-state index >= 15 is 0 Å². The molecule has 0 fully saturated rings. The van der Waals surface area contributed by atoms with Crippen LogP contribution in [-0.4, -0.2) is 18.3 Å². The van der Waals surface area contributed by atoms with E-state index in [1.54, 1.807) is 13.2 Å². The molecule has 0 aliphatic heterocycles. The van der Waals surface area contributed by atoms with Crippen LogP contribution in [0.5, 0.6) is 0 Å². The summed E-state index contributed by atoms with van der Waals surface area (Å²) in [6, 6.07) is 1.86. The van der Waals surface area contributed by atoms with Crippen LogP contribution in [0.4, 0.5) is 5.69 Å². The normalized spacial score (nSPS) is 8.31. The zero-order chi connectivity index (χ0) is 10.3. The van der Waals surface area contributed by atoms with Crippen molar-refractivity contribution in [2.24, 2.45) is 0 Å². The summed E-state index contributed by atoms with van der Waals surface area (Å²) in [4.78, 5) is 14.3. The molecule has 0 aromatic carbocycles. The van der Waals surface area contributed by atoms with Crippen LogP contribution in [0.15, 0.2) is 12.3 Å². The molecule has 1 heterocycles. The number of carbonyl (C=O) groups excluding carboxylic acids is 1. The van der Waals surface area contributed by atoms with Crippen LogP contribution in [0.3, 0.4) is 0 Å². The van der Waals surface area contributed by atoms with Gasteiger partial charge >= 0.3 is 0 Å². The second-order valence-corrected chi connectivity index (χ2v) is 2.26. The SMILES string of the molecule is CC.CNc1c(C)ccnc1C=O. The van der Waals surface area contributed by atoms with E-state index in [2.05, 4.69) is 10.3 Å². The van der Waals surface area contributed by atoms with Crippen molar-refractivity contribution in [1.82, 2.24) is 4.98 Å². The summed E-state index contributed by atoms with van der Waals surface area (Å²) in [6.45, 7) is 5.93. The van der Waals surface area contributed by atoms with Crippen molar-refractivity contribution in [3.05, 3.63) is 23.5 Å². The fourth-order valence-electron chi connectivity index (χ4n) is 0.994. The van der Waals surface area contributed by atoms with Crippen molar-refractivity contribution in [3.63, 3.8) is 0 Å². The number of aryl methyl sites for hydroxylation is 1. The number of anilines is 1. The number of aromatic nitrogens is 1. The summed E-state index contributed by atoms with van der Waals surface area (Å²) in [7, 11) is 1.77. The molecule has 0 bridgehead atoms. The summed E-state index contributed by atoms with van der Waals surface area (Å²) in [5.74, 6) is 0. The van der Waals surface area contributed by atoms with Crippen molar-refractivity contribution < 1.29 is 4.79 Å². The Hall–Kier alpha value is -1.38. The maximum Gasteiger partial charge on any atom is 0.170 e. The highest BCUT2D eigenvalue weighted by atomic mass is 16.1. The lowest BCUT2D eigenvalue weighted by molar-refractivity contribution is 0.112. The van der Waals surface area contributed by atoms with Gasteiger partial charge in [0, 0.05) is 13.2 Å². The molecule has 1 rings (SSSR count). The van der Waals surface area contributed by atoms with Crippen molar-refractivity contribution in [2.75, 3.05) is 12.4 Å². The predicted molar refractivity (Wildman–Crippen MR) is 55.3 cm³/mol. The summed E-state index contributed by atoms with van der Waals surface area (Å²) in [5.41, 5.74) is 2.31. The highest BCUT2D eigenvalue weighted by Crippen LogP contribution is 2.14. The van der Waals surface area contributed by atoms with Gasteiger partial charge in [-0.15, -0.1) is 0 Å². The molecule has 0 saturated heterocycles. The van der Waals surface area contributed by atoms with Gasteiger partial charge in [-0.1, -0.05) is 13.8 Å². The van der Waals surface area contributed by atoms with Crippen LogP contribution in [0.1, 0.15) is 29.9 Å². The summed E-state index contributed by atoms with van der Waals surface area (Å²) in [6.07, 6.45) is 2.37. The Labute approximate surface area is 79.2 Å². The Balaban J connectivity index is 0.000000671. The van der Waals surface area contributed by atoms with Crippen LogP contribution in [0.25, 0.3) is 0 Å². The van der Waals surface area contributed by atoms with Crippen molar-refractivity contribution >= 4 is 12.0 Å². The maximum atomic E-state index is 10.4. The van der Waals surface area contributed by atoms with E-state index in [1.807, 2.05) is 26.8 Å². The average molecular weight is 180 g/mol. The van der Waals surface area contributed by atoms with Crippen LogP contribution < -0.4 is 5.32 Å². The van der Waals surface area contributed by atoms with E-state index in [4.69, 9.17) is 0 Å². The number of hydrogen-bond acceptors (Lipinski definition) is 3. The van der Waals surface area contributed by atoms with Crippen LogP contribution in [-0.2, 0) is 0 Å². The summed E-state index contributed by atoms with van der Waals surface area (Å²) in [5, 5.41) is 2.92. The van der Waals surface area contributed by atoms with Gasteiger partial charge in [0.05, 0.1) is 5.69 Å². The largest absolute Gasteiger partial charge is 0.386 e. The summed E-state index contributed by atoms with van der Waals surface area (Å²) >= 11 is 0. The molecule has 0 aliphatic rings. The second kappa shape index (κ2) is 6.17. The fraction of sp³-hybridized carbons (Fsp3) is 0.400. The van der Waals surface area contributed by atoms with Gasteiger partial charge in [0.15, 0.2) is 6.29 Å². The molecule has 0 radical (unpaired) electrons. The molecule has 3 heteroatoms. The molecule has 0 spiro atoms. The molecular weight excluding hydrogens is 164 g/mol. The molecule has 1 aromatic rings. The molecule has 1 aromatic heterocycles. The Morgan fingerprint density at radius 1 is 1.46 bits per heavy atom. The minimum absolute atomic E-state index is 0.465. The van der Waals surface area contributed by atoms with Crippen LogP contribution in [0.2, 0.25) is 0 Å². The van der Waals surface area contributed by atoms with E-state index in [-0.39, 0.29) is 0 Å². The smallest absolute Gasteiger partial charge is 0.170 e. The van der Waals surface area contributed by atoms with Crippen molar-refractivity contribution in [2.45, 2.75) is 20.8 Å². The van der Waals surface area contributed by atoms with Gasteiger partial charge in [-0.25, -0.2) is 0 Å². The van der Waals surface area contributed by atoms with Gasteiger partial charge in [0.1, 0.15) is 5.69 Å². The number of nitrogens with zero attached hydrogens (tertiary/aromatic N) is 1. The molecule has 13 heavy (non-hydrogen) atoms. The van der Waals surface area contributed by atoms with Gasteiger partial charge < -0.3 is 5.32 Å². The molecule has 3 nitrogen and oxygen atoms in total. The predicted octanol–water partition coefficient (Wildman–Crippen LogP) is 2.27. The molecule has 1 N–H and O–H groups in total. The minimum atomic E-state index is 0.465. The summed E-state index contributed by atoms with van der Waals surface area (Å²) < 4.78 is 0. The number of aldehydes is 1. The first kappa shape index (κ1) is 11.6. The molecule has 72 valence electrons. The monoisotopic (exact) mass is 180 g/mol. The number of nitrogens with one attached hydrogen (secondary N) is 1. The Bertz CT molecular complexity index is 272. The number of carbonyl (C=O) groups is 1. The highest BCUT2D eigenvalue weighted by molar-refractivity contribution is 5.82. The standard InChI is InChI=1S/C8H10N2O.C2H6/c1-6-3-4-10-7(5-11)8(6)9-2;1-2/h3-5,9H,1-2H3;1-2H3. The lowest BCUT2D eigenvalue weighted by atomic mass is 10.2. The first-order valence-electron chi connectivity index (χ1n) is 4.38. The van der Waals surface area contributed by atoms with Gasteiger partial charge in [0.25, 0.3) is 0 Å². The zero-order valence-corrected chi connectivity index (χ0v) is 8.59. The second-order valence-electron chi connectivity index (χ2n) is 2.26. The average Bonchev–Trinajstić information content (AvgIpc) is 2.20. The first-order chi connectivity index (χ1) is 6.29. The topological polar surface area (TPSA) is 42.0 Å². The third-order valence-corrected chi connectivity index (χ3v) is 1.55. The number of hydrogen-bond donors (Lipinski definition) is 1. The molecule has 0 amide bonds. The van der Waals surface area contributed by atoms with Crippen LogP contribution in [0, 0.1) is 6.92 Å². The van der Waals surface area contributed by atoms with E-state index in [0.717, 1.165) is 17.5 Å². The van der Waals surface area contributed by atoms with E-state index in [0.29, 0.717) is 5.69 Å². The van der Waals surface area contributed by atoms with Gasteiger partial charge in [0.2, 0.25) is 0 Å². The number of rotatable bonds is 2.